The zero-order valence-electron chi connectivity index (χ0n) is 9.57. The summed E-state index contributed by atoms with van der Waals surface area (Å²) in [5, 5.41) is 8.09. The van der Waals surface area contributed by atoms with Gasteiger partial charge in [0, 0.05) is 53.1 Å². The highest BCUT2D eigenvalue weighted by Crippen LogP contribution is 2.16. The molecule has 2 rings (SSSR count). The van der Waals surface area contributed by atoms with Crippen molar-refractivity contribution in [3.8, 4) is 0 Å². The van der Waals surface area contributed by atoms with Gasteiger partial charge in [0.1, 0.15) is 0 Å². The summed E-state index contributed by atoms with van der Waals surface area (Å²) in [5.74, 6) is 1.37. The van der Waals surface area contributed by atoms with Crippen LogP contribution in [0.15, 0.2) is 16.7 Å². The fourth-order valence-electron chi connectivity index (χ4n) is 1.84. The molecule has 2 heterocycles. The minimum absolute atomic E-state index is 0.420. The summed E-state index contributed by atoms with van der Waals surface area (Å²) < 4.78 is 13.9. The maximum Gasteiger partial charge on any atom is 0.167 e. The molecule has 1 aromatic rings. The van der Waals surface area contributed by atoms with E-state index < -0.39 is 10.8 Å². The van der Waals surface area contributed by atoms with E-state index in [2.05, 4.69) is 26.3 Å². The lowest BCUT2D eigenvalue weighted by Crippen LogP contribution is -2.42. The van der Waals surface area contributed by atoms with Gasteiger partial charge < -0.3 is 10.3 Å². The molecule has 0 unspecified atom stereocenters. The van der Waals surface area contributed by atoms with Gasteiger partial charge in [-0.2, -0.15) is 0 Å². The first kappa shape index (κ1) is 12.6. The van der Waals surface area contributed by atoms with E-state index in [0.29, 0.717) is 17.0 Å². The van der Waals surface area contributed by atoms with E-state index in [1.165, 1.54) is 0 Å². The molecule has 0 radical (unpaired) electrons. The average Bonchev–Trinajstić information content (AvgIpc) is 2.33. The Morgan fingerprint density at radius 1 is 1.47 bits per heavy atom. The third-order valence-corrected chi connectivity index (χ3v) is 4.48. The second kappa shape index (κ2) is 5.22. The minimum atomic E-state index is -0.691. The number of hydrogen-bond donors (Lipinski definition) is 2. The first-order valence-electron chi connectivity index (χ1n) is 5.36. The van der Waals surface area contributed by atoms with Gasteiger partial charge in [-0.3, -0.25) is 9.62 Å². The summed E-state index contributed by atoms with van der Waals surface area (Å²) >= 11 is 3.44. The molecule has 1 aliphatic heterocycles. The second-order valence-electron chi connectivity index (χ2n) is 3.82. The Hall–Kier alpha value is -0.820. The van der Waals surface area contributed by atoms with Gasteiger partial charge in [0.2, 0.25) is 0 Å². The molecule has 0 saturated carbocycles. The molecule has 0 aromatic carbocycles. The smallest absolute Gasteiger partial charge is 0.167 e. The number of nitrogens with one attached hydrogen (secondary N) is 2. The molecule has 1 saturated heterocycles. The Balaban J connectivity index is 2.35. The normalized spacial score (nSPS) is 17.2. The Morgan fingerprint density at radius 3 is 2.71 bits per heavy atom. The monoisotopic (exact) mass is 318 g/mol. The summed E-state index contributed by atoms with van der Waals surface area (Å²) in [4.78, 5) is 2.11. The summed E-state index contributed by atoms with van der Waals surface area (Å²) in [7, 11) is 1.09. The molecule has 1 aromatic heterocycles. The van der Waals surface area contributed by atoms with Crippen molar-refractivity contribution in [2.24, 2.45) is 0 Å². The molecule has 1 aliphatic rings. The van der Waals surface area contributed by atoms with Gasteiger partial charge in [-0.05, 0) is 22.0 Å². The van der Waals surface area contributed by atoms with Crippen molar-refractivity contribution in [3.63, 3.8) is 0 Å². The Bertz CT molecular complexity index is 492. The maximum absolute atomic E-state index is 11.3. The van der Waals surface area contributed by atoms with E-state index in [4.69, 9.17) is 5.41 Å². The van der Waals surface area contributed by atoms with Crippen molar-refractivity contribution in [1.82, 2.24) is 4.68 Å². The third kappa shape index (κ3) is 2.71. The molecular weight excluding hydrogens is 304 g/mol. The van der Waals surface area contributed by atoms with Crippen LogP contribution >= 0.6 is 15.9 Å². The molecule has 0 spiro atoms. The van der Waals surface area contributed by atoms with Gasteiger partial charge in [0.15, 0.2) is 5.49 Å². The number of anilines is 1. The number of nitrogens with zero attached hydrogens (tertiary/aromatic N) is 2. The van der Waals surface area contributed by atoms with E-state index in [9.17, 15) is 4.21 Å². The van der Waals surface area contributed by atoms with E-state index >= 15 is 0 Å². The van der Waals surface area contributed by atoms with Crippen molar-refractivity contribution >= 4 is 32.4 Å². The number of pyridine rings is 1. The second-order valence-corrected chi connectivity index (χ2v) is 6.43. The van der Waals surface area contributed by atoms with Crippen molar-refractivity contribution < 1.29 is 4.21 Å². The van der Waals surface area contributed by atoms with Gasteiger partial charge in [-0.25, -0.2) is 4.68 Å². The van der Waals surface area contributed by atoms with E-state index in [-0.39, 0.29) is 0 Å². The van der Waals surface area contributed by atoms with E-state index in [0.717, 1.165) is 23.2 Å². The summed E-state index contributed by atoms with van der Waals surface area (Å²) in [5.41, 5.74) is 4.22. The van der Waals surface area contributed by atoms with Crippen LogP contribution in [-0.4, -0.2) is 40.5 Å². The zero-order valence-corrected chi connectivity index (χ0v) is 12.0. The predicted molar refractivity (Wildman–Crippen MR) is 73.4 cm³/mol. The molecule has 7 heteroatoms. The Kier molecular flexibility index (Phi) is 3.88. The number of aromatic nitrogens is 1. The van der Waals surface area contributed by atoms with Crippen LogP contribution in [0.4, 0.5) is 5.69 Å². The SMILES string of the molecule is CNn1cc(Br)cc(N2CCS(=O)CC2)c1=N. The predicted octanol–water partition coefficient (Wildman–Crippen LogP) is 0.472. The van der Waals surface area contributed by atoms with Gasteiger partial charge >= 0.3 is 0 Å². The molecule has 0 bridgehead atoms. The van der Waals surface area contributed by atoms with Crippen LogP contribution in [-0.2, 0) is 10.8 Å². The van der Waals surface area contributed by atoms with Crippen LogP contribution in [0.1, 0.15) is 0 Å². The van der Waals surface area contributed by atoms with Gasteiger partial charge in [0.05, 0.1) is 5.69 Å². The Morgan fingerprint density at radius 2 is 2.12 bits per heavy atom. The number of halogens is 1. The average molecular weight is 319 g/mol. The summed E-state index contributed by atoms with van der Waals surface area (Å²) in [6.45, 7) is 1.50. The largest absolute Gasteiger partial charge is 0.367 e. The Labute approximate surface area is 111 Å². The van der Waals surface area contributed by atoms with E-state index in [1.54, 1.807) is 11.7 Å². The highest BCUT2D eigenvalue weighted by Gasteiger charge is 2.17. The maximum atomic E-state index is 11.3. The quantitative estimate of drug-likeness (QED) is 0.833. The number of hydrogen-bond acceptors (Lipinski definition) is 4. The van der Waals surface area contributed by atoms with E-state index in [1.807, 2.05) is 12.3 Å². The fourth-order valence-corrected chi connectivity index (χ4v) is 3.32. The van der Waals surface area contributed by atoms with Crippen molar-refractivity contribution in [2.75, 3.05) is 42.0 Å². The highest BCUT2D eigenvalue weighted by atomic mass is 79.9. The standard InChI is InChI=1S/C10H15BrN4OS/c1-13-15-7-8(11)6-9(10(15)12)14-2-4-17(16)5-3-14/h6-7,12-13H,2-5H2,1H3. The summed E-state index contributed by atoms with van der Waals surface area (Å²) in [6, 6.07) is 1.93. The van der Waals surface area contributed by atoms with Crippen molar-refractivity contribution in [3.05, 3.63) is 22.2 Å². The topological polar surface area (TPSA) is 61.1 Å². The molecular formula is C10H15BrN4OS. The first-order chi connectivity index (χ1) is 8.11. The third-order valence-electron chi connectivity index (χ3n) is 2.77. The number of rotatable bonds is 2. The molecule has 0 amide bonds. The lowest BCUT2D eigenvalue weighted by molar-refractivity contribution is 0.671. The van der Waals surface area contributed by atoms with Crippen molar-refractivity contribution in [2.45, 2.75) is 0 Å². The molecule has 5 nitrogen and oxygen atoms in total. The van der Waals surface area contributed by atoms with Gasteiger partial charge in [0.25, 0.3) is 0 Å². The van der Waals surface area contributed by atoms with Crippen molar-refractivity contribution in [1.29, 1.82) is 5.41 Å². The highest BCUT2D eigenvalue weighted by molar-refractivity contribution is 9.10. The minimum Gasteiger partial charge on any atom is -0.367 e. The molecule has 0 atom stereocenters. The van der Waals surface area contributed by atoms with Crippen LogP contribution in [0.3, 0.4) is 0 Å². The summed E-state index contributed by atoms with van der Waals surface area (Å²) in [6.07, 6.45) is 1.81. The lowest BCUT2D eigenvalue weighted by Gasteiger charge is -2.29. The fraction of sp³-hybridized carbons (Fsp3) is 0.500. The van der Waals surface area contributed by atoms with Crippen LogP contribution < -0.4 is 15.8 Å². The first-order valence-corrected chi connectivity index (χ1v) is 7.64. The zero-order chi connectivity index (χ0) is 12.4. The van der Waals surface area contributed by atoms with Gasteiger partial charge in [-0.15, -0.1) is 0 Å². The molecule has 17 heavy (non-hydrogen) atoms. The van der Waals surface area contributed by atoms with Crippen LogP contribution in [0, 0.1) is 5.41 Å². The van der Waals surface area contributed by atoms with Crippen LogP contribution in [0.5, 0.6) is 0 Å². The molecule has 2 N–H and O–H groups in total. The van der Waals surface area contributed by atoms with Crippen LogP contribution in [0.25, 0.3) is 0 Å². The molecule has 94 valence electrons. The van der Waals surface area contributed by atoms with Gasteiger partial charge in [-0.1, -0.05) is 0 Å². The lowest BCUT2D eigenvalue weighted by atomic mass is 10.3. The molecule has 1 fully saturated rings. The van der Waals surface area contributed by atoms with Crippen LogP contribution in [0.2, 0.25) is 0 Å². The molecule has 0 aliphatic carbocycles.